The van der Waals surface area contributed by atoms with Gasteiger partial charge in [0.25, 0.3) is 0 Å². The summed E-state index contributed by atoms with van der Waals surface area (Å²) in [6.45, 7) is 2.11. The summed E-state index contributed by atoms with van der Waals surface area (Å²) in [6.07, 6.45) is 7.11. The van der Waals surface area contributed by atoms with E-state index in [1.807, 2.05) is 23.2 Å². The second-order valence-corrected chi connectivity index (χ2v) is 6.86. The number of amidine groups is 1. The van der Waals surface area contributed by atoms with Crippen LogP contribution < -0.4 is 16.1 Å². The average molecular weight is 340 g/mol. The van der Waals surface area contributed by atoms with Crippen molar-refractivity contribution >= 4 is 23.4 Å². The number of anilines is 1. The maximum absolute atomic E-state index is 12.9. The Kier molecular flexibility index (Phi) is 4.31. The highest BCUT2D eigenvalue weighted by atomic mass is 16.5. The Morgan fingerprint density at radius 1 is 1.32 bits per heavy atom. The van der Waals surface area contributed by atoms with E-state index in [0.29, 0.717) is 6.10 Å². The zero-order chi connectivity index (χ0) is 17.4. The van der Waals surface area contributed by atoms with E-state index in [1.165, 1.54) is 0 Å². The lowest BCUT2D eigenvalue weighted by Crippen LogP contribution is -2.43. The molecule has 1 aromatic carbocycles. The van der Waals surface area contributed by atoms with Gasteiger partial charge in [0.05, 0.1) is 11.8 Å². The smallest absolute Gasteiger partial charge is 0.173 e. The van der Waals surface area contributed by atoms with Crippen molar-refractivity contribution in [3.8, 4) is 0 Å². The minimum atomic E-state index is 0.117. The highest BCUT2D eigenvalue weighted by Gasteiger charge is 2.30. The maximum Gasteiger partial charge on any atom is 0.173 e. The molecule has 2 heterocycles. The first-order valence-corrected chi connectivity index (χ1v) is 9.01. The molecule has 0 bridgehead atoms. The molecule has 2 N–H and O–H groups in total. The number of carbonyl (C=O) groups excluding carboxylic acids is 1. The number of hydrazine groups is 2. The molecule has 4 rings (SSSR count). The Balaban J connectivity index is 1.59. The van der Waals surface area contributed by atoms with E-state index in [0.717, 1.165) is 60.3 Å². The molecule has 6 nitrogen and oxygen atoms in total. The number of Topliss-reactive ketones (excluding diaryl/α,β-unsaturated/α-hetero) is 1. The maximum atomic E-state index is 12.9. The van der Waals surface area contributed by atoms with Crippen LogP contribution >= 0.6 is 0 Å². The van der Waals surface area contributed by atoms with Gasteiger partial charge in [-0.1, -0.05) is 6.92 Å². The highest BCUT2D eigenvalue weighted by molar-refractivity contribution is 6.16. The fraction of sp³-hybridized carbons (Fsp3) is 0.474. The van der Waals surface area contributed by atoms with E-state index < -0.39 is 0 Å². The summed E-state index contributed by atoms with van der Waals surface area (Å²) >= 11 is 0. The van der Waals surface area contributed by atoms with Gasteiger partial charge < -0.3 is 4.74 Å². The number of nitrogens with zero attached hydrogens (tertiary/aromatic N) is 2. The van der Waals surface area contributed by atoms with Gasteiger partial charge in [-0.2, -0.15) is 0 Å². The van der Waals surface area contributed by atoms with Crippen LogP contribution in [0.2, 0.25) is 0 Å². The lowest BCUT2D eigenvalue weighted by Gasteiger charge is -2.28. The summed E-state index contributed by atoms with van der Waals surface area (Å²) in [4.78, 5) is 12.9. The lowest BCUT2D eigenvalue weighted by molar-refractivity contribution is 0.0519. The van der Waals surface area contributed by atoms with Crippen molar-refractivity contribution in [1.82, 2.24) is 11.1 Å². The second-order valence-electron chi connectivity index (χ2n) is 6.86. The number of carbonyl (C=O) groups is 1. The van der Waals surface area contributed by atoms with Crippen molar-refractivity contribution in [3.63, 3.8) is 0 Å². The highest BCUT2D eigenvalue weighted by Crippen LogP contribution is 2.34. The molecule has 1 aliphatic carbocycles. The SMILES string of the molecule is CCC1=Cc2cc(C(=O)C3CCC(OC)CC3)ccc2N2NNN=C12. The van der Waals surface area contributed by atoms with Gasteiger partial charge in [0.15, 0.2) is 11.6 Å². The number of hydrazone groups is 1. The molecule has 0 saturated heterocycles. The molecular formula is C19H24N4O2. The van der Waals surface area contributed by atoms with E-state index >= 15 is 0 Å². The normalized spacial score (nSPS) is 24.8. The van der Waals surface area contributed by atoms with Crippen LogP contribution in [0.1, 0.15) is 54.9 Å². The molecule has 0 aromatic heterocycles. The third-order valence-electron chi connectivity index (χ3n) is 5.46. The van der Waals surface area contributed by atoms with Gasteiger partial charge in [-0.25, -0.2) is 10.5 Å². The van der Waals surface area contributed by atoms with Crippen molar-refractivity contribution in [2.45, 2.75) is 45.1 Å². The van der Waals surface area contributed by atoms with Crippen LogP contribution in [-0.2, 0) is 4.74 Å². The number of ether oxygens (including phenoxy) is 1. The summed E-state index contributed by atoms with van der Waals surface area (Å²) < 4.78 is 5.41. The molecule has 6 heteroatoms. The molecule has 0 radical (unpaired) electrons. The number of hydrogen-bond acceptors (Lipinski definition) is 6. The van der Waals surface area contributed by atoms with Gasteiger partial charge in [0.2, 0.25) is 0 Å². The minimum absolute atomic E-state index is 0.117. The quantitative estimate of drug-likeness (QED) is 0.825. The fourth-order valence-corrected chi connectivity index (χ4v) is 3.96. The molecule has 2 aliphatic heterocycles. The Bertz CT molecular complexity index is 748. The monoisotopic (exact) mass is 340 g/mol. The van der Waals surface area contributed by atoms with E-state index in [9.17, 15) is 4.79 Å². The summed E-state index contributed by atoms with van der Waals surface area (Å²) in [5.41, 5.74) is 9.88. The van der Waals surface area contributed by atoms with E-state index in [4.69, 9.17) is 4.74 Å². The number of benzene rings is 1. The van der Waals surface area contributed by atoms with Crippen LogP contribution in [0.3, 0.4) is 0 Å². The molecule has 132 valence electrons. The zero-order valence-corrected chi connectivity index (χ0v) is 14.7. The molecule has 1 aromatic rings. The molecule has 3 aliphatic rings. The molecule has 25 heavy (non-hydrogen) atoms. The number of methoxy groups -OCH3 is 1. The van der Waals surface area contributed by atoms with Crippen molar-refractivity contribution in [2.24, 2.45) is 11.0 Å². The van der Waals surface area contributed by atoms with Crippen LogP contribution in [0.5, 0.6) is 0 Å². The third-order valence-corrected chi connectivity index (χ3v) is 5.46. The summed E-state index contributed by atoms with van der Waals surface area (Å²) in [5.74, 6) is 1.27. The average Bonchev–Trinajstić information content (AvgIpc) is 3.16. The number of nitrogens with one attached hydrogen (secondary N) is 2. The van der Waals surface area contributed by atoms with Crippen LogP contribution in [-0.4, -0.2) is 24.8 Å². The molecule has 1 fully saturated rings. The van der Waals surface area contributed by atoms with E-state index in [-0.39, 0.29) is 11.7 Å². The Morgan fingerprint density at radius 3 is 2.84 bits per heavy atom. The molecule has 1 saturated carbocycles. The van der Waals surface area contributed by atoms with E-state index in [2.05, 4.69) is 29.2 Å². The van der Waals surface area contributed by atoms with Crippen molar-refractivity contribution in [1.29, 1.82) is 0 Å². The molecular weight excluding hydrogens is 316 g/mol. The Morgan fingerprint density at radius 2 is 2.12 bits per heavy atom. The van der Waals surface area contributed by atoms with Gasteiger partial charge in [-0.3, -0.25) is 4.79 Å². The van der Waals surface area contributed by atoms with Gasteiger partial charge in [-0.05, 0) is 62.0 Å². The molecule has 0 atom stereocenters. The topological polar surface area (TPSA) is 66.0 Å². The second kappa shape index (κ2) is 6.61. The van der Waals surface area contributed by atoms with Gasteiger partial charge >= 0.3 is 0 Å². The lowest BCUT2D eigenvalue weighted by atomic mass is 9.82. The fourth-order valence-electron chi connectivity index (χ4n) is 3.96. The number of ketones is 1. The van der Waals surface area contributed by atoms with Gasteiger partial charge in [0, 0.05) is 24.2 Å². The molecule has 0 unspecified atom stereocenters. The van der Waals surface area contributed by atoms with Crippen LogP contribution in [0.4, 0.5) is 5.69 Å². The summed E-state index contributed by atoms with van der Waals surface area (Å²) in [7, 11) is 1.76. The van der Waals surface area contributed by atoms with Gasteiger partial charge in [-0.15, -0.1) is 10.6 Å². The van der Waals surface area contributed by atoms with Crippen LogP contribution in [0, 0.1) is 5.92 Å². The largest absolute Gasteiger partial charge is 0.381 e. The van der Waals surface area contributed by atoms with Crippen LogP contribution in [0.25, 0.3) is 6.08 Å². The number of rotatable bonds is 4. The summed E-state index contributed by atoms with van der Waals surface area (Å²) in [6, 6.07) is 5.96. The van der Waals surface area contributed by atoms with E-state index in [1.54, 1.807) is 7.11 Å². The number of hydrogen-bond donors (Lipinski definition) is 2. The van der Waals surface area contributed by atoms with Crippen molar-refractivity contribution in [2.75, 3.05) is 12.1 Å². The minimum Gasteiger partial charge on any atom is -0.381 e. The predicted octanol–water partition coefficient (Wildman–Crippen LogP) is 3.02. The first-order chi connectivity index (χ1) is 12.2. The standard InChI is InChI=1S/C19H24N4O2/c1-3-12-10-15-11-14(6-9-17(15)23-19(12)20-21-22-23)18(24)13-4-7-16(25-2)8-5-13/h6,9-11,13,16,21-22H,3-5,7-8H2,1-2H3. The number of fused-ring (bicyclic) bond motifs is 3. The predicted molar refractivity (Wildman–Crippen MR) is 98.0 cm³/mol. The summed E-state index contributed by atoms with van der Waals surface area (Å²) in [5, 5.41) is 6.23. The van der Waals surface area contributed by atoms with Crippen LogP contribution in [0.15, 0.2) is 28.9 Å². The molecule has 0 spiro atoms. The molecule has 0 amide bonds. The first kappa shape index (κ1) is 16.3. The Labute approximate surface area is 147 Å². The van der Waals surface area contributed by atoms with Crippen molar-refractivity contribution < 1.29 is 9.53 Å². The van der Waals surface area contributed by atoms with Crippen molar-refractivity contribution in [3.05, 3.63) is 34.9 Å². The zero-order valence-electron chi connectivity index (χ0n) is 14.7. The third kappa shape index (κ3) is 2.85. The van der Waals surface area contributed by atoms with Gasteiger partial charge in [0.1, 0.15) is 0 Å². The first-order valence-electron chi connectivity index (χ1n) is 9.01. The Hall–Kier alpha value is -2.18.